The van der Waals surface area contributed by atoms with Crippen LogP contribution in [0.2, 0.25) is 0 Å². The van der Waals surface area contributed by atoms with Crippen LogP contribution in [0.1, 0.15) is 23.2 Å². The summed E-state index contributed by atoms with van der Waals surface area (Å²) in [6, 6.07) is 8.29. The first-order valence-corrected chi connectivity index (χ1v) is 7.50. The molecule has 106 valence electrons. The molecule has 0 spiro atoms. The van der Waals surface area contributed by atoms with Gasteiger partial charge in [-0.2, -0.15) is 0 Å². The molecule has 0 fully saturated rings. The molecule has 0 saturated carbocycles. The smallest absolute Gasteiger partial charge is 0.220 e. The van der Waals surface area contributed by atoms with Crippen LogP contribution in [0.5, 0.6) is 0 Å². The first-order valence-electron chi connectivity index (χ1n) is 6.62. The van der Waals surface area contributed by atoms with Gasteiger partial charge in [-0.15, -0.1) is 11.3 Å². The zero-order valence-electron chi connectivity index (χ0n) is 11.8. The van der Waals surface area contributed by atoms with Crippen LogP contribution in [0.3, 0.4) is 0 Å². The molecular weight excluding hydrogens is 270 g/mol. The Balaban J connectivity index is 1.74. The van der Waals surface area contributed by atoms with E-state index in [-0.39, 0.29) is 5.91 Å². The molecule has 2 aromatic rings. The molecule has 0 bridgehead atoms. The average Bonchev–Trinajstić information content (AvgIpc) is 2.92. The fraction of sp³-hybridized carbons (Fsp3) is 0.333. The summed E-state index contributed by atoms with van der Waals surface area (Å²) in [5, 5.41) is 8.70. The second kappa shape index (κ2) is 7.05. The maximum Gasteiger partial charge on any atom is 0.220 e. The van der Waals surface area contributed by atoms with Crippen molar-refractivity contribution < 1.29 is 4.79 Å². The van der Waals surface area contributed by atoms with Crippen LogP contribution in [0.15, 0.2) is 29.6 Å². The van der Waals surface area contributed by atoms with Crippen molar-refractivity contribution in [1.29, 1.82) is 0 Å². The highest BCUT2D eigenvalue weighted by Crippen LogP contribution is 2.14. The second-order valence-electron chi connectivity index (χ2n) is 4.66. The van der Waals surface area contributed by atoms with E-state index in [1.165, 1.54) is 22.5 Å². The van der Waals surface area contributed by atoms with E-state index >= 15 is 0 Å². The number of aromatic nitrogens is 1. The van der Waals surface area contributed by atoms with Crippen LogP contribution >= 0.6 is 11.3 Å². The van der Waals surface area contributed by atoms with Crippen LogP contribution < -0.4 is 10.6 Å². The number of nitrogens with zero attached hydrogens (tertiary/aromatic N) is 1. The van der Waals surface area contributed by atoms with Gasteiger partial charge in [0.15, 0.2) is 5.13 Å². The third-order valence-electron chi connectivity index (χ3n) is 2.99. The van der Waals surface area contributed by atoms with Crippen molar-refractivity contribution in [1.82, 2.24) is 10.3 Å². The number of carbonyl (C=O) groups excluding carboxylic acids is 1. The van der Waals surface area contributed by atoms with Crippen LogP contribution in [0.4, 0.5) is 5.13 Å². The maximum absolute atomic E-state index is 11.8. The highest BCUT2D eigenvalue weighted by Gasteiger charge is 2.04. The van der Waals surface area contributed by atoms with E-state index in [2.05, 4.69) is 46.8 Å². The summed E-state index contributed by atoms with van der Waals surface area (Å²) in [5.74, 6) is 0.0598. The lowest BCUT2D eigenvalue weighted by atomic mass is 10.1. The van der Waals surface area contributed by atoms with E-state index in [9.17, 15) is 4.79 Å². The number of hydrogen-bond acceptors (Lipinski definition) is 4. The van der Waals surface area contributed by atoms with E-state index in [1.54, 1.807) is 0 Å². The predicted octanol–water partition coefficient (Wildman–Crippen LogP) is 2.74. The molecular formula is C15H19N3OS. The minimum absolute atomic E-state index is 0.0598. The van der Waals surface area contributed by atoms with Gasteiger partial charge in [0.05, 0.1) is 12.2 Å². The first-order chi connectivity index (χ1) is 9.67. The Labute approximate surface area is 123 Å². The van der Waals surface area contributed by atoms with Crippen molar-refractivity contribution >= 4 is 22.4 Å². The molecule has 1 aromatic carbocycles. The molecule has 5 heteroatoms. The zero-order valence-corrected chi connectivity index (χ0v) is 12.6. The van der Waals surface area contributed by atoms with Crippen molar-refractivity contribution in [2.45, 2.75) is 26.3 Å². The van der Waals surface area contributed by atoms with Gasteiger partial charge in [0.25, 0.3) is 0 Å². The van der Waals surface area contributed by atoms with Gasteiger partial charge in [0.1, 0.15) is 0 Å². The van der Waals surface area contributed by atoms with Gasteiger partial charge in [-0.3, -0.25) is 4.79 Å². The van der Waals surface area contributed by atoms with Gasteiger partial charge in [-0.25, -0.2) is 4.98 Å². The van der Waals surface area contributed by atoms with Crippen molar-refractivity contribution in [2.75, 3.05) is 12.4 Å². The Morgan fingerprint density at radius 3 is 2.70 bits per heavy atom. The van der Waals surface area contributed by atoms with E-state index in [4.69, 9.17) is 0 Å². The number of thiazole rings is 1. The van der Waals surface area contributed by atoms with Crippen molar-refractivity contribution in [2.24, 2.45) is 0 Å². The number of nitrogens with one attached hydrogen (secondary N) is 2. The van der Waals surface area contributed by atoms with Crippen molar-refractivity contribution in [3.8, 4) is 0 Å². The third-order valence-corrected chi connectivity index (χ3v) is 3.90. The Kier molecular flexibility index (Phi) is 5.12. The van der Waals surface area contributed by atoms with Gasteiger partial charge < -0.3 is 10.6 Å². The highest BCUT2D eigenvalue weighted by atomic mass is 32.1. The topological polar surface area (TPSA) is 54.0 Å². The van der Waals surface area contributed by atoms with E-state index < -0.39 is 0 Å². The number of rotatable bonds is 6. The molecule has 1 amide bonds. The number of hydrogen-bond donors (Lipinski definition) is 2. The molecule has 0 radical (unpaired) electrons. The number of anilines is 1. The molecule has 0 aliphatic heterocycles. The Hall–Kier alpha value is -1.88. The average molecular weight is 289 g/mol. The normalized spacial score (nSPS) is 10.3. The molecule has 0 unspecified atom stereocenters. The summed E-state index contributed by atoms with van der Waals surface area (Å²) >= 11 is 1.54. The second-order valence-corrected chi connectivity index (χ2v) is 5.51. The van der Waals surface area contributed by atoms with E-state index in [0.29, 0.717) is 13.0 Å². The number of carbonyl (C=O) groups is 1. The molecule has 0 saturated heterocycles. The Morgan fingerprint density at radius 1 is 1.30 bits per heavy atom. The van der Waals surface area contributed by atoms with Crippen molar-refractivity contribution in [3.05, 3.63) is 46.5 Å². The summed E-state index contributed by atoms with van der Waals surface area (Å²) in [6.07, 6.45) is 1.27. The Morgan fingerprint density at radius 2 is 2.05 bits per heavy atom. The number of aryl methyl sites for hydroxylation is 2. The molecule has 0 aliphatic rings. The van der Waals surface area contributed by atoms with Crippen LogP contribution in [0, 0.1) is 6.92 Å². The fourth-order valence-electron chi connectivity index (χ4n) is 1.79. The van der Waals surface area contributed by atoms with Gasteiger partial charge >= 0.3 is 0 Å². The molecule has 2 N–H and O–H groups in total. The molecule has 20 heavy (non-hydrogen) atoms. The number of amides is 1. The Bertz CT molecular complexity index is 563. The summed E-state index contributed by atoms with van der Waals surface area (Å²) in [7, 11) is 1.84. The summed E-state index contributed by atoms with van der Waals surface area (Å²) in [6.45, 7) is 2.55. The summed E-state index contributed by atoms with van der Waals surface area (Å²) in [4.78, 5) is 16.1. The monoisotopic (exact) mass is 289 g/mol. The minimum atomic E-state index is 0.0598. The lowest BCUT2D eigenvalue weighted by Crippen LogP contribution is -2.23. The van der Waals surface area contributed by atoms with E-state index in [1.807, 2.05) is 12.4 Å². The quantitative estimate of drug-likeness (QED) is 0.859. The molecule has 0 atom stereocenters. The van der Waals surface area contributed by atoms with Gasteiger partial charge in [-0.05, 0) is 18.9 Å². The van der Waals surface area contributed by atoms with Crippen LogP contribution in [-0.2, 0) is 17.8 Å². The summed E-state index contributed by atoms with van der Waals surface area (Å²) in [5.41, 5.74) is 3.32. The minimum Gasteiger partial charge on any atom is -0.365 e. The number of benzene rings is 1. The molecule has 2 rings (SSSR count). The maximum atomic E-state index is 11.8. The van der Waals surface area contributed by atoms with Gasteiger partial charge in [0.2, 0.25) is 5.91 Å². The predicted molar refractivity (Wildman–Crippen MR) is 83.0 cm³/mol. The van der Waals surface area contributed by atoms with Crippen LogP contribution in [-0.4, -0.2) is 17.9 Å². The van der Waals surface area contributed by atoms with Crippen molar-refractivity contribution in [3.63, 3.8) is 0 Å². The lowest BCUT2D eigenvalue weighted by Gasteiger charge is -2.04. The lowest BCUT2D eigenvalue weighted by molar-refractivity contribution is -0.121. The standard InChI is InChI=1S/C15H19N3OS/c1-11-3-5-12(6-4-11)7-8-14(19)17-9-13-10-20-15(16-2)18-13/h3-6,10H,7-9H2,1-2H3,(H,16,18)(H,17,19). The SMILES string of the molecule is CNc1nc(CNC(=O)CCc2ccc(C)cc2)cs1. The zero-order chi connectivity index (χ0) is 14.4. The molecule has 4 nitrogen and oxygen atoms in total. The van der Waals surface area contributed by atoms with Gasteiger partial charge in [-0.1, -0.05) is 29.8 Å². The molecule has 1 heterocycles. The van der Waals surface area contributed by atoms with Crippen LogP contribution in [0.25, 0.3) is 0 Å². The molecule has 1 aromatic heterocycles. The fourth-order valence-corrected chi connectivity index (χ4v) is 2.46. The molecule has 0 aliphatic carbocycles. The first kappa shape index (κ1) is 14.5. The van der Waals surface area contributed by atoms with E-state index in [0.717, 1.165) is 17.2 Å². The highest BCUT2D eigenvalue weighted by molar-refractivity contribution is 7.13. The van der Waals surface area contributed by atoms with Gasteiger partial charge in [0, 0.05) is 18.8 Å². The largest absolute Gasteiger partial charge is 0.365 e. The summed E-state index contributed by atoms with van der Waals surface area (Å²) < 4.78 is 0. The third kappa shape index (κ3) is 4.35.